The van der Waals surface area contributed by atoms with Gasteiger partial charge in [-0.3, -0.25) is 0 Å². The zero-order valence-corrected chi connectivity index (χ0v) is 12.7. The van der Waals surface area contributed by atoms with Gasteiger partial charge in [0.15, 0.2) is 0 Å². The van der Waals surface area contributed by atoms with E-state index in [1.165, 1.54) is 19.4 Å². The van der Waals surface area contributed by atoms with Crippen molar-refractivity contribution in [3.63, 3.8) is 0 Å². The van der Waals surface area contributed by atoms with Crippen molar-refractivity contribution in [3.8, 4) is 0 Å². The number of anilines is 1. The summed E-state index contributed by atoms with van der Waals surface area (Å²) in [6, 6.07) is 8.62. The summed E-state index contributed by atoms with van der Waals surface area (Å²) >= 11 is 5.96. The van der Waals surface area contributed by atoms with Crippen molar-refractivity contribution < 1.29 is 0 Å². The maximum absolute atomic E-state index is 5.96. The Hall–Kier alpha value is -0.770. The van der Waals surface area contributed by atoms with Crippen molar-refractivity contribution >= 4 is 17.3 Å². The molecule has 1 saturated heterocycles. The molecule has 1 unspecified atom stereocenters. The van der Waals surface area contributed by atoms with E-state index >= 15 is 0 Å². The molecule has 106 valence electrons. The van der Waals surface area contributed by atoms with Crippen molar-refractivity contribution in [1.29, 1.82) is 0 Å². The lowest BCUT2D eigenvalue weighted by atomic mass is 10.2. The molecule has 0 bridgehead atoms. The number of benzene rings is 1. The van der Waals surface area contributed by atoms with Gasteiger partial charge >= 0.3 is 0 Å². The summed E-state index contributed by atoms with van der Waals surface area (Å²) in [4.78, 5) is 4.88. The number of likely N-dealkylation sites (N-methyl/N-ethyl adjacent to an activating group) is 2. The molecule has 0 aliphatic carbocycles. The Labute approximate surface area is 121 Å². The van der Waals surface area contributed by atoms with Crippen LogP contribution in [-0.2, 0) is 0 Å². The fourth-order valence-electron chi connectivity index (χ4n) is 2.65. The van der Waals surface area contributed by atoms with E-state index in [1.807, 2.05) is 18.2 Å². The van der Waals surface area contributed by atoms with E-state index in [1.54, 1.807) is 0 Å². The van der Waals surface area contributed by atoms with E-state index < -0.39 is 0 Å². The molecule has 3 nitrogen and oxygen atoms in total. The summed E-state index contributed by atoms with van der Waals surface area (Å²) in [5.74, 6) is 0. The van der Waals surface area contributed by atoms with Crippen molar-refractivity contribution in [1.82, 2.24) is 9.80 Å². The number of hydrogen-bond donors (Lipinski definition) is 1. The van der Waals surface area contributed by atoms with Crippen LogP contribution in [0.1, 0.15) is 12.8 Å². The van der Waals surface area contributed by atoms with Gasteiger partial charge < -0.3 is 15.1 Å². The first-order chi connectivity index (χ1) is 9.15. The fourth-order valence-corrected chi connectivity index (χ4v) is 2.84. The molecule has 1 heterocycles. The number of nitrogens with one attached hydrogen (secondary N) is 1. The van der Waals surface area contributed by atoms with Gasteiger partial charge in [-0.05, 0) is 51.7 Å². The molecule has 1 aromatic rings. The quantitative estimate of drug-likeness (QED) is 0.865. The lowest BCUT2D eigenvalue weighted by Gasteiger charge is -2.25. The maximum atomic E-state index is 5.96. The third-order valence-electron chi connectivity index (χ3n) is 3.84. The minimum atomic E-state index is 0.733. The van der Waals surface area contributed by atoms with E-state index in [4.69, 9.17) is 11.6 Å². The zero-order valence-electron chi connectivity index (χ0n) is 11.9. The number of nitrogens with zero attached hydrogens (tertiary/aromatic N) is 2. The highest BCUT2D eigenvalue weighted by atomic mass is 35.5. The van der Waals surface area contributed by atoms with Crippen LogP contribution in [0.3, 0.4) is 0 Å². The molecule has 0 saturated carbocycles. The third kappa shape index (κ3) is 4.68. The summed E-state index contributed by atoms with van der Waals surface area (Å²) < 4.78 is 0. The summed E-state index contributed by atoms with van der Waals surface area (Å²) in [7, 11) is 4.43. The molecular weight excluding hydrogens is 258 g/mol. The van der Waals surface area contributed by atoms with Crippen LogP contribution in [-0.4, -0.2) is 56.1 Å². The fraction of sp³-hybridized carbons (Fsp3) is 0.600. The molecule has 1 atom stereocenters. The second kappa shape index (κ2) is 7.13. The molecule has 0 spiro atoms. The van der Waals surface area contributed by atoms with Crippen molar-refractivity contribution in [2.24, 2.45) is 0 Å². The first kappa shape index (κ1) is 14.6. The van der Waals surface area contributed by atoms with Crippen LogP contribution in [0.4, 0.5) is 5.69 Å². The van der Waals surface area contributed by atoms with Gasteiger partial charge in [-0.2, -0.15) is 0 Å². The Kier molecular flexibility index (Phi) is 5.49. The van der Waals surface area contributed by atoms with Crippen molar-refractivity contribution in [2.75, 3.05) is 45.6 Å². The van der Waals surface area contributed by atoms with Gasteiger partial charge in [0, 0.05) is 36.4 Å². The molecule has 1 fully saturated rings. The topological polar surface area (TPSA) is 18.5 Å². The van der Waals surface area contributed by atoms with Gasteiger partial charge in [0.2, 0.25) is 0 Å². The van der Waals surface area contributed by atoms with Gasteiger partial charge in [0.1, 0.15) is 0 Å². The molecule has 0 aromatic heterocycles. The molecular formula is C15H24ClN3. The van der Waals surface area contributed by atoms with Gasteiger partial charge in [0.05, 0.1) is 0 Å². The van der Waals surface area contributed by atoms with Crippen LogP contribution in [0.2, 0.25) is 5.02 Å². The first-order valence-electron chi connectivity index (χ1n) is 7.03. The molecule has 19 heavy (non-hydrogen) atoms. The summed E-state index contributed by atoms with van der Waals surface area (Å²) in [5, 5.41) is 4.20. The maximum Gasteiger partial charge on any atom is 0.0426 e. The first-order valence-corrected chi connectivity index (χ1v) is 7.41. The smallest absolute Gasteiger partial charge is 0.0426 e. The average Bonchev–Trinajstić information content (AvgIpc) is 2.75. The summed E-state index contributed by atoms with van der Waals surface area (Å²) in [6.45, 7) is 4.41. The van der Waals surface area contributed by atoms with E-state index in [9.17, 15) is 0 Å². The molecule has 1 aliphatic rings. The van der Waals surface area contributed by atoms with Gasteiger partial charge in [-0.25, -0.2) is 0 Å². The summed E-state index contributed by atoms with van der Waals surface area (Å²) in [6.07, 6.45) is 2.68. The van der Waals surface area contributed by atoms with E-state index in [0.29, 0.717) is 0 Å². The minimum Gasteiger partial charge on any atom is -0.384 e. The predicted octanol–water partition coefficient (Wildman–Crippen LogP) is 2.78. The van der Waals surface area contributed by atoms with Crippen molar-refractivity contribution in [3.05, 3.63) is 29.3 Å². The molecule has 1 aromatic carbocycles. The standard InChI is InChI=1S/C15H24ClN3/c1-18(12-15-7-4-9-19(15)2)10-8-17-14-6-3-5-13(16)11-14/h3,5-6,11,15,17H,4,7-10,12H2,1-2H3. The van der Waals surface area contributed by atoms with Crippen LogP contribution < -0.4 is 5.32 Å². The minimum absolute atomic E-state index is 0.733. The SMILES string of the molecule is CN(CCNc1cccc(Cl)c1)CC1CCCN1C. The summed E-state index contributed by atoms with van der Waals surface area (Å²) in [5.41, 5.74) is 1.10. The molecule has 0 amide bonds. The highest BCUT2D eigenvalue weighted by Crippen LogP contribution is 2.16. The lowest BCUT2D eigenvalue weighted by Crippen LogP contribution is -2.38. The Bertz CT molecular complexity index is 397. The average molecular weight is 282 g/mol. The number of rotatable bonds is 6. The normalized spacial score (nSPS) is 20.1. The number of hydrogen-bond acceptors (Lipinski definition) is 3. The van der Waals surface area contributed by atoms with E-state index in [2.05, 4.69) is 35.3 Å². The zero-order chi connectivity index (χ0) is 13.7. The third-order valence-corrected chi connectivity index (χ3v) is 4.08. The molecule has 2 rings (SSSR count). The van der Waals surface area contributed by atoms with Crippen LogP contribution >= 0.6 is 11.6 Å². The van der Waals surface area contributed by atoms with Crippen LogP contribution in [0, 0.1) is 0 Å². The second-order valence-electron chi connectivity index (χ2n) is 5.48. The molecule has 1 N–H and O–H groups in total. The second-order valence-corrected chi connectivity index (χ2v) is 5.91. The highest BCUT2D eigenvalue weighted by molar-refractivity contribution is 6.30. The van der Waals surface area contributed by atoms with Gasteiger partial charge in [0.25, 0.3) is 0 Å². The highest BCUT2D eigenvalue weighted by Gasteiger charge is 2.21. The van der Waals surface area contributed by atoms with Gasteiger partial charge in [-0.1, -0.05) is 17.7 Å². The Morgan fingerprint density at radius 3 is 3.00 bits per heavy atom. The number of likely N-dealkylation sites (tertiary alicyclic amines) is 1. The Morgan fingerprint density at radius 1 is 1.47 bits per heavy atom. The Morgan fingerprint density at radius 2 is 2.32 bits per heavy atom. The van der Waals surface area contributed by atoms with Crippen LogP contribution in [0.15, 0.2) is 24.3 Å². The molecule has 1 aliphatic heterocycles. The van der Waals surface area contributed by atoms with E-state index in [-0.39, 0.29) is 0 Å². The predicted molar refractivity (Wildman–Crippen MR) is 83.1 cm³/mol. The monoisotopic (exact) mass is 281 g/mol. The Balaban J connectivity index is 1.67. The van der Waals surface area contributed by atoms with E-state index in [0.717, 1.165) is 36.4 Å². The lowest BCUT2D eigenvalue weighted by molar-refractivity contribution is 0.224. The van der Waals surface area contributed by atoms with Crippen molar-refractivity contribution in [2.45, 2.75) is 18.9 Å². The molecule has 4 heteroatoms. The van der Waals surface area contributed by atoms with Gasteiger partial charge in [-0.15, -0.1) is 0 Å². The van der Waals surface area contributed by atoms with Crippen LogP contribution in [0.5, 0.6) is 0 Å². The largest absolute Gasteiger partial charge is 0.384 e. The number of halogens is 1. The van der Waals surface area contributed by atoms with Crippen LogP contribution in [0.25, 0.3) is 0 Å². The molecule has 0 radical (unpaired) electrons.